The lowest BCUT2D eigenvalue weighted by Gasteiger charge is -2.13. The molecule has 0 bridgehead atoms. The second-order valence-corrected chi connectivity index (χ2v) is 3.84. The number of hydrogen-bond donors (Lipinski definition) is 0. The third kappa shape index (κ3) is 4.07. The van der Waals surface area contributed by atoms with Crippen LogP contribution in [-0.2, 0) is 4.74 Å². The summed E-state index contributed by atoms with van der Waals surface area (Å²) >= 11 is 3.33. The Hall–Kier alpha value is -0.610. The second kappa shape index (κ2) is 5.98. The zero-order valence-electron chi connectivity index (χ0n) is 8.37. The van der Waals surface area contributed by atoms with Gasteiger partial charge in [-0.05, 0) is 35.8 Å². The van der Waals surface area contributed by atoms with Crippen LogP contribution < -0.4 is 4.74 Å². The van der Waals surface area contributed by atoms with Crippen LogP contribution in [0.4, 0.5) is 0 Å². The van der Waals surface area contributed by atoms with Crippen molar-refractivity contribution in [3.05, 3.63) is 22.9 Å². The number of hydrogen-bond acceptors (Lipinski definition) is 3. The van der Waals surface area contributed by atoms with Gasteiger partial charge in [-0.1, -0.05) is 0 Å². The number of aromatic nitrogens is 1. The highest BCUT2D eigenvalue weighted by Gasteiger charge is 2.03. The maximum Gasteiger partial charge on any atom is 0.139 e. The smallest absolute Gasteiger partial charge is 0.139 e. The van der Waals surface area contributed by atoms with Crippen LogP contribution in [0.15, 0.2) is 22.9 Å². The standard InChI is InChI=1S/C10H14BrNO2/c1-3-13-7-8(2)14-10-4-9(11)5-12-6-10/h4-6,8H,3,7H2,1-2H3. The van der Waals surface area contributed by atoms with E-state index in [0.29, 0.717) is 13.2 Å². The molecule has 1 aromatic rings. The highest BCUT2D eigenvalue weighted by molar-refractivity contribution is 9.10. The highest BCUT2D eigenvalue weighted by Crippen LogP contribution is 2.16. The minimum atomic E-state index is 0.0473. The van der Waals surface area contributed by atoms with E-state index in [1.807, 2.05) is 19.9 Å². The van der Waals surface area contributed by atoms with Gasteiger partial charge in [-0.2, -0.15) is 0 Å². The van der Waals surface area contributed by atoms with Gasteiger partial charge in [0.2, 0.25) is 0 Å². The van der Waals surface area contributed by atoms with Crippen molar-refractivity contribution < 1.29 is 9.47 Å². The van der Waals surface area contributed by atoms with Gasteiger partial charge in [0.15, 0.2) is 0 Å². The van der Waals surface area contributed by atoms with E-state index < -0.39 is 0 Å². The lowest BCUT2D eigenvalue weighted by atomic mass is 10.4. The van der Waals surface area contributed by atoms with Crippen molar-refractivity contribution in [2.45, 2.75) is 20.0 Å². The van der Waals surface area contributed by atoms with Crippen LogP contribution in [-0.4, -0.2) is 24.3 Å². The summed E-state index contributed by atoms with van der Waals surface area (Å²) in [6, 6.07) is 1.88. The Morgan fingerprint density at radius 3 is 2.93 bits per heavy atom. The van der Waals surface area contributed by atoms with Crippen molar-refractivity contribution in [2.75, 3.05) is 13.2 Å². The van der Waals surface area contributed by atoms with E-state index in [9.17, 15) is 0 Å². The molecule has 4 heteroatoms. The summed E-state index contributed by atoms with van der Waals surface area (Å²) in [5, 5.41) is 0. The fourth-order valence-corrected chi connectivity index (χ4v) is 1.35. The Kier molecular flexibility index (Phi) is 4.90. The minimum absolute atomic E-state index is 0.0473. The first-order valence-corrected chi connectivity index (χ1v) is 5.36. The summed E-state index contributed by atoms with van der Waals surface area (Å²) in [5.74, 6) is 0.756. The summed E-state index contributed by atoms with van der Waals surface area (Å²) < 4.78 is 11.7. The SMILES string of the molecule is CCOCC(C)Oc1cncc(Br)c1. The van der Waals surface area contributed by atoms with E-state index in [-0.39, 0.29) is 6.10 Å². The molecular weight excluding hydrogens is 246 g/mol. The molecule has 78 valence electrons. The number of ether oxygens (including phenoxy) is 2. The highest BCUT2D eigenvalue weighted by atomic mass is 79.9. The van der Waals surface area contributed by atoms with E-state index in [1.54, 1.807) is 12.4 Å². The number of pyridine rings is 1. The fraction of sp³-hybridized carbons (Fsp3) is 0.500. The molecule has 0 aliphatic rings. The van der Waals surface area contributed by atoms with Gasteiger partial charge < -0.3 is 9.47 Å². The largest absolute Gasteiger partial charge is 0.487 e. The third-order valence-corrected chi connectivity index (χ3v) is 2.01. The van der Waals surface area contributed by atoms with Gasteiger partial charge in [0, 0.05) is 17.3 Å². The number of halogens is 1. The van der Waals surface area contributed by atoms with Gasteiger partial charge in [0.1, 0.15) is 11.9 Å². The molecule has 0 amide bonds. The molecule has 0 saturated heterocycles. The Bertz CT molecular complexity index is 281. The van der Waals surface area contributed by atoms with E-state index >= 15 is 0 Å². The van der Waals surface area contributed by atoms with Gasteiger partial charge >= 0.3 is 0 Å². The van der Waals surface area contributed by atoms with Crippen LogP contribution in [0.25, 0.3) is 0 Å². The van der Waals surface area contributed by atoms with Crippen molar-refractivity contribution in [3.63, 3.8) is 0 Å². The summed E-state index contributed by atoms with van der Waals surface area (Å²) in [5.41, 5.74) is 0. The minimum Gasteiger partial charge on any atom is -0.487 e. The molecule has 1 heterocycles. The lowest BCUT2D eigenvalue weighted by Crippen LogP contribution is -2.19. The predicted octanol–water partition coefficient (Wildman–Crippen LogP) is 2.65. The summed E-state index contributed by atoms with van der Waals surface area (Å²) in [6.07, 6.45) is 3.46. The van der Waals surface area contributed by atoms with Gasteiger partial charge in [-0.3, -0.25) is 4.98 Å². The average Bonchev–Trinajstić information content (AvgIpc) is 2.15. The lowest BCUT2D eigenvalue weighted by molar-refractivity contribution is 0.0655. The molecule has 1 unspecified atom stereocenters. The first-order chi connectivity index (χ1) is 6.72. The molecular formula is C10H14BrNO2. The van der Waals surface area contributed by atoms with Crippen molar-refractivity contribution in [1.29, 1.82) is 0 Å². The summed E-state index contributed by atoms with van der Waals surface area (Å²) in [4.78, 5) is 4.00. The molecule has 3 nitrogen and oxygen atoms in total. The molecule has 0 saturated carbocycles. The molecule has 0 aliphatic heterocycles. The van der Waals surface area contributed by atoms with Crippen LogP contribution >= 0.6 is 15.9 Å². The Balaban J connectivity index is 2.43. The molecule has 0 radical (unpaired) electrons. The maximum absolute atomic E-state index is 5.58. The molecule has 1 aromatic heterocycles. The first kappa shape index (κ1) is 11.5. The zero-order chi connectivity index (χ0) is 10.4. The number of rotatable bonds is 5. The first-order valence-electron chi connectivity index (χ1n) is 4.57. The van der Waals surface area contributed by atoms with Gasteiger partial charge in [0.05, 0.1) is 12.8 Å². The molecule has 0 aliphatic carbocycles. The van der Waals surface area contributed by atoms with E-state index in [1.165, 1.54) is 0 Å². The van der Waals surface area contributed by atoms with Crippen molar-refractivity contribution in [1.82, 2.24) is 4.98 Å². The van der Waals surface area contributed by atoms with Crippen LogP contribution in [0.3, 0.4) is 0 Å². The second-order valence-electron chi connectivity index (χ2n) is 2.93. The zero-order valence-corrected chi connectivity index (χ0v) is 9.95. The van der Waals surface area contributed by atoms with E-state index in [0.717, 1.165) is 10.2 Å². The summed E-state index contributed by atoms with van der Waals surface area (Å²) in [6.45, 7) is 5.25. The molecule has 1 rings (SSSR count). The number of nitrogens with zero attached hydrogens (tertiary/aromatic N) is 1. The molecule has 0 fully saturated rings. The average molecular weight is 260 g/mol. The monoisotopic (exact) mass is 259 g/mol. The normalized spacial score (nSPS) is 12.5. The van der Waals surface area contributed by atoms with Crippen LogP contribution in [0.5, 0.6) is 5.75 Å². The molecule has 0 aromatic carbocycles. The molecule has 14 heavy (non-hydrogen) atoms. The molecule has 0 N–H and O–H groups in total. The van der Waals surface area contributed by atoms with Crippen molar-refractivity contribution in [3.8, 4) is 5.75 Å². The van der Waals surface area contributed by atoms with Gasteiger partial charge in [0.25, 0.3) is 0 Å². The Morgan fingerprint density at radius 2 is 2.29 bits per heavy atom. The van der Waals surface area contributed by atoms with E-state index in [2.05, 4.69) is 20.9 Å². The van der Waals surface area contributed by atoms with Crippen molar-refractivity contribution >= 4 is 15.9 Å². The van der Waals surface area contributed by atoms with Gasteiger partial charge in [-0.25, -0.2) is 0 Å². The van der Waals surface area contributed by atoms with Crippen LogP contribution in [0.1, 0.15) is 13.8 Å². The molecule has 0 spiro atoms. The van der Waals surface area contributed by atoms with E-state index in [4.69, 9.17) is 9.47 Å². The third-order valence-electron chi connectivity index (χ3n) is 1.57. The topological polar surface area (TPSA) is 31.4 Å². The Labute approximate surface area is 92.6 Å². The fourth-order valence-electron chi connectivity index (χ4n) is 1.01. The quantitative estimate of drug-likeness (QED) is 0.815. The predicted molar refractivity (Wildman–Crippen MR) is 58.5 cm³/mol. The van der Waals surface area contributed by atoms with Gasteiger partial charge in [-0.15, -0.1) is 0 Å². The maximum atomic E-state index is 5.58. The van der Waals surface area contributed by atoms with Crippen LogP contribution in [0, 0.1) is 0 Å². The Morgan fingerprint density at radius 1 is 1.50 bits per heavy atom. The van der Waals surface area contributed by atoms with Crippen LogP contribution in [0.2, 0.25) is 0 Å². The summed E-state index contributed by atoms with van der Waals surface area (Å²) in [7, 11) is 0. The van der Waals surface area contributed by atoms with Crippen molar-refractivity contribution in [2.24, 2.45) is 0 Å². The molecule has 1 atom stereocenters.